The molecule has 0 aliphatic carbocycles. The van der Waals surface area contributed by atoms with Crippen LogP contribution in [0.2, 0.25) is 0 Å². The molecule has 3 rings (SSSR count). The molecule has 1 aliphatic rings. The van der Waals surface area contributed by atoms with Gasteiger partial charge in [0.15, 0.2) is 0 Å². The van der Waals surface area contributed by atoms with Crippen LogP contribution in [0, 0.1) is 0 Å². The van der Waals surface area contributed by atoms with Crippen LogP contribution in [0.5, 0.6) is 0 Å². The summed E-state index contributed by atoms with van der Waals surface area (Å²) in [7, 11) is 0. The van der Waals surface area contributed by atoms with E-state index in [2.05, 4.69) is 53.2 Å². The normalized spacial score (nSPS) is 15.8. The van der Waals surface area contributed by atoms with Gasteiger partial charge in [-0.05, 0) is 36.1 Å². The lowest BCUT2D eigenvalue weighted by Crippen LogP contribution is -2.30. The van der Waals surface area contributed by atoms with Gasteiger partial charge in [-0.25, -0.2) is 0 Å². The Bertz CT molecular complexity index is 577. The Hall–Kier alpha value is -1.87. The van der Waals surface area contributed by atoms with Crippen LogP contribution in [0.25, 0.3) is 0 Å². The third-order valence-corrected chi connectivity index (χ3v) is 4.09. The molecule has 0 saturated heterocycles. The highest BCUT2D eigenvalue weighted by molar-refractivity contribution is 5.48. The summed E-state index contributed by atoms with van der Waals surface area (Å²) in [4.78, 5) is 6.90. The summed E-state index contributed by atoms with van der Waals surface area (Å²) in [6.07, 6.45) is 3.98. The molecule has 3 heteroatoms. The number of nitrogens with two attached hydrogens (primary N) is 1. The molecular formula is C17H21N3. The molecule has 0 amide bonds. The number of benzene rings is 1. The van der Waals surface area contributed by atoms with Gasteiger partial charge in [0.2, 0.25) is 0 Å². The molecule has 1 atom stereocenters. The molecule has 1 aliphatic heterocycles. The van der Waals surface area contributed by atoms with Gasteiger partial charge in [-0.1, -0.05) is 31.2 Å². The number of anilines is 1. The number of rotatable bonds is 3. The number of hydrogen-bond acceptors (Lipinski definition) is 3. The molecule has 2 aromatic rings. The molecule has 1 aromatic heterocycles. The van der Waals surface area contributed by atoms with Crippen LogP contribution in [-0.2, 0) is 13.0 Å². The second-order valence-electron chi connectivity index (χ2n) is 5.40. The van der Waals surface area contributed by atoms with E-state index in [1.54, 1.807) is 0 Å². The van der Waals surface area contributed by atoms with Crippen LogP contribution in [0.15, 0.2) is 42.6 Å². The summed E-state index contributed by atoms with van der Waals surface area (Å²) in [6.45, 7) is 4.11. The second kappa shape index (κ2) is 5.63. The fourth-order valence-corrected chi connectivity index (χ4v) is 2.73. The molecular weight excluding hydrogens is 246 g/mol. The standard InChI is InChI=1S/C17H21N3/c1-2-16(18)17-8-7-15(11-19-17)20-10-9-13-5-3-4-6-14(13)12-20/h3-8,11,16H,2,9-10,12,18H2,1H3/t16-/m1/s1. The molecule has 0 spiro atoms. The van der Waals surface area contributed by atoms with Gasteiger partial charge in [-0.3, -0.25) is 4.98 Å². The lowest BCUT2D eigenvalue weighted by Gasteiger charge is -2.30. The molecule has 0 bridgehead atoms. The van der Waals surface area contributed by atoms with Crippen molar-refractivity contribution in [2.24, 2.45) is 5.73 Å². The Morgan fingerprint density at radius 2 is 2.00 bits per heavy atom. The fraction of sp³-hybridized carbons (Fsp3) is 0.353. The van der Waals surface area contributed by atoms with Crippen molar-refractivity contribution in [2.75, 3.05) is 11.4 Å². The second-order valence-corrected chi connectivity index (χ2v) is 5.40. The van der Waals surface area contributed by atoms with Crippen LogP contribution >= 0.6 is 0 Å². The maximum Gasteiger partial charge on any atom is 0.0572 e. The third-order valence-electron chi connectivity index (χ3n) is 4.09. The molecule has 2 N–H and O–H groups in total. The number of pyridine rings is 1. The minimum atomic E-state index is 0.0473. The molecule has 20 heavy (non-hydrogen) atoms. The average Bonchev–Trinajstić information content (AvgIpc) is 2.54. The Balaban J connectivity index is 1.78. The van der Waals surface area contributed by atoms with E-state index in [0.29, 0.717) is 0 Å². The largest absolute Gasteiger partial charge is 0.366 e. The van der Waals surface area contributed by atoms with Gasteiger partial charge in [0, 0.05) is 19.1 Å². The van der Waals surface area contributed by atoms with Crippen molar-refractivity contribution in [3.63, 3.8) is 0 Å². The van der Waals surface area contributed by atoms with E-state index < -0.39 is 0 Å². The van der Waals surface area contributed by atoms with E-state index >= 15 is 0 Å². The summed E-state index contributed by atoms with van der Waals surface area (Å²) >= 11 is 0. The van der Waals surface area contributed by atoms with Gasteiger partial charge < -0.3 is 10.6 Å². The van der Waals surface area contributed by atoms with E-state index in [4.69, 9.17) is 5.73 Å². The van der Waals surface area contributed by atoms with Gasteiger partial charge in [-0.2, -0.15) is 0 Å². The minimum Gasteiger partial charge on any atom is -0.366 e. The van der Waals surface area contributed by atoms with Crippen LogP contribution in [0.3, 0.4) is 0 Å². The molecule has 0 unspecified atom stereocenters. The minimum absolute atomic E-state index is 0.0473. The first kappa shape index (κ1) is 13.1. The quantitative estimate of drug-likeness (QED) is 0.929. The highest BCUT2D eigenvalue weighted by Crippen LogP contribution is 2.24. The molecule has 3 nitrogen and oxygen atoms in total. The summed E-state index contributed by atoms with van der Waals surface area (Å²) in [5.74, 6) is 0. The lowest BCUT2D eigenvalue weighted by molar-refractivity contribution is 0.673. The van der Waals surface area contributed by atoms with Crippen LogP contribution < -0.4 is 10.6 Å². The molecule has 1 aromatic carbocycles. The van der Waals surface area contributed by atoms with Gasteiger partial charge >= 0.3 is 0 Å². The van der Waals surface area contributed by atoms with Crippen LogP contribution in [0.1, 0.15) is 36.2 Å². The lowest BCUT2D eigenvalue weighted by atomic mass is 9.99. The zero-order valence-corrected chi connectivity index (χ0v) is 11.9. The molecule has 0 fully saturated rings. The Morgan fingerprint density at radius 3 is 2.70 bits per heavy atom. The van der Waals surface area contributed by atoms with Crippen molar-refractivity contribution in [2.45, 2.75) is 32.4 Å². The first-order valence-electron chi connectivity index (χ1n) is 7.31. The molecule has 2 heterocycles. The van der Waals surface area contributed by atoms with E-state index in [1.165, 1.54) is 16.8 Å². The third kappa shape index (κ3) is 2.54. The highest BCUT2D eigenvalue weighted by Gasteiger charge is 2.16. The van der Waals surface area contributed by atoms with E-state index in [-0.39, 0.29) is 6.04 Å². The van der Waals surface area contributed by atoms with E-state index in [9.17, 15) is 0 Å². The Morgan fingerprint density at radius 1 is 1.20 bits per heavy atom. The SMILES string of the molecule is CC[C@@H](N)c1ccc(N2CCc3ccccc3C2)cn1. The highest BCUT2D eigenvalue weighted by atomic mass is 15.1. The zero-order valence-electron chi connectivity index (χ0n) is 11.9. The summed E-state index contributed by atoms with van der Waals surface area (Å²) in [6, 6.07) is 12.9. The maximum atomic E-state index is 6.01. The average molecular weight is 267 g/mol. The van der Waals surface area contributed by atoms with Crippen molar-refractivity contribution >= 4 is 5.69 Å². The van der Waals surface area contributed by atoms with Crippen LogP contribution in [-0.4, -0.2) is 11.5 Å². The van der Waals surface area contributed by atoms with Gasteiger partial charge in [-0.15, -0.1) is 0 Å². The van der Waals surface area contributed by atoms with Crippen LogP contribution in [0.4, 0.5) is 5.69 Å². The van der Waals surface area contributed by atoms with E-state index in [0.717, 1.165) is 31.6 Å². The number of fused-ring (bicyclic) bond motifs is 1. The molecule has 0 saturated carbocycles. The first-order chi connectivity index (χ1) is 9.78. The van der Waals surface area contributed by atoms with Gasteiger partial charge in [0.25, 0.3) is 0 Å². The summed E-state index contributed by atoms with van der Waals surface area (Å²) in [5.41, 5.74) is 11.1. The smallest absolute Gasteiger partial charge is 0.0572 e. The maximum absolute atomic E-state index is 6.01. The van der Waals surface area contributed by atoms with Crippen molar-refractivity contribution in [3.05, 3.63) is 59.4 Å². The first-order valence-corrected chi connectivity index (χ1v) is 7.31. The van der Waals surface area contributed by atoms with E-state index in [1.807, 2.05) is 6.20 Å². The number of aromatic nitrogens is 1. The fourth-order valence-electron chi connectivity index (χ4n) is 2.73. The topological polar surface area (TPSA) is 42.1 Å². The Kier molecular flexibility index (Phi) is 3.70. The van der Waals surface area contributed by atoms with Crippen molar-refractivity contribution < 1.29 is 0 Å². The molecule has 0 radical (unpaired) electrons. The van der Waals surface area contributed by atoms with Gasteiger partial charge in [0.05, 0.1) is 17.6 Å². The predicted molar refractivity (Wildman–Crippen MR) is 82.7 cm³/mol. The predicted octanol–water partition coefficient (Wildman–Crippen LogP) is 3.05. The monoisotopic (exact) mass is 267 g/mol. The molecule has 104 valence electrons. The van der Waals surface area contributed by atoms with Crippen molar-refractivity contribution in [1.82, 2.24) is 4.98 Å². The zero-order chi connectivity index (χ0) is 13.9. The number of hydrogen-bond donors (Lipinski definition) is 1. The summed E-state index contributed by atoms with van der Waals surface area (Å²) in [5, 5.41) is 0. The summed E-state index contributed by atoms with van der Waals surface area (Å²) < 4.78 is 0. The number of nitrogens with zero attached hydrogens (tertiary/aromatic N) is 2. The van der Waals surface area contributed by atoms with Crippen molar-refractivity contribution in [1.29, 1.82) is 0 Å². The van der Waals surface area contributed by atoms with Gasteiger partial charge in [0.1, 0.15) is 0 Å². The Labute approximate surface area is 120 Å². The van der Waals surface area contributed by atoms with Crippen molar-refractivity contribution in [3.8, 4) is 0 Å².